The van der Waals surface area contributed by atoms with Gasteiger partial charge in [0.05, 0.1) is 36.4 Å². The highest BCUT2D eigenvalue weighted by Crippen LogP contribution is 2.37. The lowest BCUT2D eigenvalue weighted by atomic mass is 9.93. The van der Waals surface area contributed by atoms with Gasteiger partial charge in [-0.05, 0) is 36.4 Å². The van der Waals surface area contributed by atoms with Crippen LogP contribution >= 0.6 is 11.6 Å². The number of nitrogens with two attached hydrogens (primary N) is 1. The van der Waals surface area contributed by atoms with Gasteiger partial charge in [-0.25, -0.2) is 14.2 Å². The molecule has 4 aromatic rings. The van der Waals surface area contributed by atoms with E-state index in [0.717, 1.165) is 6.07 Å². The Morgan fingerprint density at radius 3 is 2.37 bits per heavy atom. The van der Waals surface area contributed by atoms with Gasteiger partial charge in [0, 0.05) is 85.8 Å². The zero-order valence-electron chi connectivity index (χ0n) is 29.0. The summed E-state index contributed by atoms with van der Waals surface area (Å²) in [5, 5.41) is 17.5. The van der Waals surface area contributed by atoms with E-state index >= 15 is 0 Å². The number of piperidine rings is 1. The lowest BCUT2D eigenvalue weighted by molar-refractivity contribution is -0.907. The number of hydrogen-bond acceptors (Lipinski definition) is 7. The Balaban J connectivity index is 1.05. The van der Waals surface area contributed by atoms with E-state index in [4.69, 9.17) is 17.3 Å². The molecule has 0 bridgehead atoms. The highest BCUT2D eigenvalue weighted by atomic mass is 35.5. The van der Waals surface area contributed by atoms with Crippen LogP contribution in [0, 0.1) is 11.7 Å². The van der Waals surface area contributed by atoms with Gasteiger partial charge in [0.2, 0.25) is 5.91 Å². The first-order chi connectivity index (χ1) is 25.5. The maximum absolute atomic E-state index is 14.7. The average molecular weight is 775 g/mol. The minimum atomic E-state index is -4.86. The summed E-state index contributed by atoms with van der Waals surface area (Å²) >= 11 is 6.47. The standard InChI is InChI=1S/C35H36ClF4N9O5/c1-49(18-28(50)51)12-6-19(7-13-49)33(53)47-8-10-48(11-9-47)34(54)23-5-3-21(16-26(23)36)44-32(52)31-42-17-22(43-31)15-25-29(45-46-30(25)35(38,39)40)24-4-2-20(41)14-27(24)37/h2-5,14,16-17,19H,6-13,15,18H2,1H3,(H5-,41,42,43,44,45,46,50,51,52,54)/p+1. The zero-order chi connectivity index (χ0) is 38.9. The second kappa shape index (κ2) is 15.1. The molecule has 0 radical (unpaired) electrons. The molecule has 19 heteroatoms. The van der Waals surface area contributed by atoms with Crippen molar-refractivity contribution in [3.05, 3.63) is 81.8 Å². The zero-order valence-corrected chi connectivity index (χ0v) is 29.7. The Morgan fingerprint density at radius 2 is 1.74 bits per heavy atom. The number of carboxylic acid groups (broad SMARTS) is 1. The molecule has 54 heavy (non-hydrogen) atoms. The molecule has 2 aliphatic rings. The first kappa shape index (κ1) is 38.2. The van der Waals surface area contributed by atoms with Crippen LogP contribution in [0.3, 0.4) is 0 Å². The number of carbonyl (C=O) groups is 4. The number of nitrogen functional groups attached to an aromatic ring is 1. The van der Waals surface area contributed by atoms with Crippen molar-refractivity contribution in [2.75, 3.05) is 63.9 Å². The summed E-state index contributed by atoms with van der Waals surface area (Å²) in [6.07, 6.45) is -2.91. The second-order valence-electron chi connectivity index (χ2n) is 13.8. The van der Waals surface area contributed by atoms with Crippen molar-refractivity contribution in [1.29, 1.82) is 0 Å². The quantitative estimate of drug-likeness (QED) is 0.0947. The predicted molar refractivity (Wildman–Crippen MR) is 188 cm³/mol. The first-order valence-corrected chi connectivity index (χ1v) is 17.4. The van der Waals surface area contributed by atoms with Crippen molar-refractivity contribution in [1.82, 2.24) is 30.0 Å². The summed E-state index contributed by atoms with van der Waals surface area (Å²) in [5.74, 6) is -3.21. The number of nitrogens with one attached hydrogen (secondary N) is 3. The number of benzene rings is 2. The van der Waals surface area contributed by atoms with Gasteiger partial charge >= 0.3 is 12.1 Å². The molecule has 286 valence electrons. The van der Waals surface area contributed by atoms with E-state index in [1.807, 2.05) is 7.05 Å². The van der Waals surface area contributed by atoms with Gasteiger partial charge in [-0.1, -0.05) is 11.6 Å². The van der Waals surface area contributed by atoms with Crippen LogP contribution in [0.1, 0.15) is 50.8 Å². The van der Waals surface area contributed by atoms with Gasteiger partial charge < -0.3 is 35.4 Å². The number of aromatic nitrogens is 4. The minimum Gasteiger partial charge on any atom is -0.477 e. The summed E-state index contributed by atoms with van der Waals surface area (Å²) in [4.78, 5) is 60.8. The number of H-pyrrole nitrogens is 2. The number of likely N-dealkylation sites (tertiary alicyclic amines) is 1. The number of aliphatic carboxylic acids is 1. The van der Waals surface area contributed by atoms with Crippen molar-refractivity contribution in [2.24, 2.45) is 5.92 Å². The van der Waals surface area contributed by atoms with Gasteiger partial charge in [0.1, 0.15) is 5.82 Å². The van der Waals surface area contributed by atoms with Crippen LogP contribution in [0.2, 0.25) is 5.02 Å². The topological polar surface area (TPSA) is 190 Å². The number of carbonyl (C=O) groups excluding carboxylic acids is 3. The van der Waals surface area contributed by atoms with E-state index in [-0.39, 0.29) is 74.6 Å². The molecule has 3 amide bonds. The van der Waals surface area contributed by atoms with Crippen LogP contribution in [-0.2, 0) is 22.2 Å². The maximum atomic E-state index is 14.7. The maximum Gasteiger partial charge on any atom is 0.435 e. The molecular weight excluding hydrogens is 738 g/mol. The lowest BCUT2D eigenvalue weighted by Gasteiger charge is -2.41. The van der Waals surface area contributed by atoms with E-state index in [1.54, 1.807) is 9.80 Å². The Labute approximate surface area is 310 Å². The highest BCUT2D eigenvalue weighted by Gasteiger charge is 2.39. The SMILES string of the molecule is C[N+]1(CC(=O)O)CCC(C(=O)N2CCN(C(=O)c3ccc(NC(=O)c4ncc(Cc5c(C(F)(F)F)n[nH]c5-c5ccc(N)cc5F)[nH]4)cc3Cl)CC2)CC1. The molecule has 0 saturated carbocycles. The third-order valence-corrected chi connectivity index (χ3v) is 10.2. The number of nitrogens with zero attached hydrogens (tertiary/aromatic N) is 5. The summed E-state index contributed by atoms with van der Waals surface area (Å²) in [5.41, 5.74) is 4.20. The number of anilines is 2. The normalized spacial score (nSPS) is 19.1. The number of hydrogen-bond donors (Lipinski definition) is 5. The Hall–Kier alpha value is -5.49. The number of rotatable bonds is 9. The fourth-order valence-corrected chi connectivity index (χ4v) is 7.18. The number of quaternary nitrogens is 1. The molecule has 2 aromatic carbocycles. The minimum absolute atomic E-state index is 0.0105. The average Bonchev–Trinajstić information content (AvgIpc) is 3.76. The molecular formula is C35H37ClF4N9O5+. The van der Waals surface area contributed by atoms with Gasteiger partial charge in [0.15, 0.2) is 18.1 Å². The number of amides is 3. The van der Waals surface area contributed by atoms with Crippen LogP contribution < -0.4 is 11.1 Å². The van der Waals surface area contributed by atoms with Crippen LogP contribution in [0.25, 0.3) is 11.3 Å². The number of piperazine rings is 1. The fraction of sp³-hybridized carbons (Fsp3) is 0.371. The Morgan fingerprint density at radius 1 is 1.06 bits per heavy atom. The smallest absolute Gasteiger partial charge is 0.435 e. The summed E-state index contributed by atoms with van der Waals surface area (Å²) in [6.45, 7) is 2.50. The van der Waals surface area contributed by atoms with Gasteiger partial charge in [0.25, 0.3) is 11.8 Å². The molecule has 14 nitrogen and oxygen atoms in total. The summed E-state index contributed by atoms with van der Waals surface area (Å²) in [6, 6.07) is 7.86. The second-order valence-corrected chi connectivity index (χ2v) is 14.2. The molecule has 6 rings (SSSR count). The van der Waals surface area contributed by atoms with E-state index in [0.29, 0.717) is 56.6 Å². The van der Waals surface area contributed by atoms with E-state index in [9.17, 15) is 41.8 Å². The molecule has 2 saturated heterocycles. The van der Waals surface area contributed by atoms with Crippen LogP contribution in [-0.4, -0.2) is 116 Å². The third kappa shape index (κ3) is 8.33. The van der Waals surface area contributed by atoms with E-state index in [1.165, 1.54) is 36.5 Å². The van der Waals surface area contributed by atoms with Crippen LogP contribution in [0.4, 0.5) is 28.9 Å². The van der Waals surface area contributed by atoms with Gasteiger partial charge in [-0.2, -0.15) is 18.3 Å². The highest BCUT2D eigenvalue weighted by molar-refractivity contribution is 6.34. The monoisotopic (exact) mass is 774 g/mol. The number of halogens is 5. The predicted octanol–water partition coefficient (Wildman–Crippen LogP) is 4.26. The number of imidazole rings is 1. The molecule has 0 spiro atoms. The lowest BCUT2D eigenvalue weighted by Crippen LogP contribution is -2.56. The van der Waals surface area contributed by atoms with Crippen LogP contribution in [0.5, 0.6) is 0 Å². The first-order valence-electron chi connectivity index (χ1n) is 17.0. The van der Waals surface area contributed by atoms with Crippen LogP contribution in [0.15, 0.2) is 42.6 Å². The summed E-state index contributed by atoms with van der Waals surface area (Å²) < 4.78 is 56.6. The summed E-state index contributed by atoms with van der Waals surface area (Å²) in [7, 11) is 1.88. The van der Waals surface area contributed by atoms with Crippen molar-refractivity contribution < 1.29 is 46.3 Å². The molecule has 2 aliphatic heterocycles. The number of alkyl halides is 3. The molecule has 2 fully saturated rings. The van der Waals surface area contributed by atoms with E-state index in [2.05, 4.69) is 25.5 Å². The number of aromatic amines is 2. The van der Waals surface area contributed by atoms with Crippen molar-refractivity contribution in [3.8, 4) is 11.3 Å². The largest absolute Gasteiger partial charge is 0.477 e. The van der Waals surface area contributed by atoms with Crippen molar-refractivity contribution in [3.63, 3.8) is 0 Å². The molecule has 0 atom stereocenters. The molecule has 6 N–H and O–H groups in total. The van der Waals surface area contributed by atoms with Crippen molar-refractivity contribution >= 4 is 46.7 Å². The number of carboxylic acids is 1. The Bertz CT molecular complexity index is 2090. The molecule has 0 aliphatic carbocycles. The molecule has 0 unspecified atom stereocenters. The molecule has 2 aromatic heterocycles. The van der Waals surface area contributed by atoms with E-state index < -0.39 is 36.0 Å². The van der Waals surface area contributed by atoms with Crippen molar-refractivity contribution in [2.45, 2.75) is 25.4 Å². The Kier molecular flexibility index (Phi) is 10.7. The van der Waals surface area contributed by atoms with Gasteiger partial charge in [-0.15, -0.1) is 0 Å². The van der Waals surface area contributed by atoms with Gasteiger partial charge in [-0.3, -0.25) is 19.5 Å². The number of likely N-dealkylation sites (N-methyl/N-ethyl adjacent to an activating group) is 1. The molecule has 4 heterocycles. The fourth-order valence-electron chi connectivity index (χ4n) is 6.92. The third-order valence-electron chi connectivity index (χ3n) is 9.85.